The number of carbonyl (C=O) groups excluding carboxylic acids is 2. The first-order valence-corrected chi connectivity index (χ1v) is 9.13. The Morgan fingerprint density at radius 1 is 1.17 bits per heavy atom. The molecule has 2 aromatic carbocycles. The minimum absolute atomic E-state index is 0.0328. The summed E-state index contributed by atoms with van der Waals surface area (Å²) in [5.41, 5.74) is -0.409. The zero-order chi connectivity index (χ0) is 21.5. The number of hydrogen-bond donors (Lipinski definition) is 4. The van der Waals surface area contributed by atoms with Gasteiger partial charge in [0.1, 0.15) is 11.5 Å². The number of nitrogens with one attached hydrogen (secondary N) is 2. The van der Waals surface area contributed by atoms with Gasteiger partial charge < -0.3 is 24.8 Å². The van der Waals surface area contributed by atoms with Crippen LogP contribution in [-0.2, 0) is 11.3 Å². The molecule has 30 heavy (non-hydrogen) atoms. The number of ether oxygens (including phenoxy) is 1. The third-order valence-electron chi connectivity index (χ3n) is 4.98. The van der Waals surface area contributed by atoms with Crippen molar-refractivity contribution in [3.05, 3.63) is 53.7 Å². The van der Waals surface area contributed by atoms with Crippen molar-refractivity contribution < 1.29 is 24.5 Å². The summed E-state index contributed by atoms with van der Waals surface area (Å²) in [6.07, 6.45) is 1.66. The molecule has 152 valence electrons. The van der Waals surface area contributed by atoms with E-state index in [9.17, 15) is 19.8 Å². The van der Waals surface area contributed by atoms with Crippen LogP contribution in [0.25, 0.3) is 10.8 Å². The molecule has 8 nitrogen and oxygen atoms in total. The average molecular weight is 405 g/mol. The van der Waals surface area contributed by atoms with Gasteiger partial charge in [-0.15, -0.1) is 0 Å². The van der Waals surface area contributed by atoms with Crippen molar-refractivity contribution in [1.29, 1.82) is 0 Å². The van der Waals surface area contributed by atoms with Crippen molar-refractivity contribution >= 4 is 22.7 Å². The van der Waals surface area contributed by atoms with Gasteiger partial charge in [-0.1, -0.05) is 17.9 Å². The standard InChI is InChI=1S/C22H19N3O5/c1-13-3-6-18(26)14(9-13)7-8-22(20(28)23-21(29)24-22)12-25-11-15-4-5-16(30-2)10-17(15)19(25)27/h3-6,9-11,26-27H,12H2,1-2H3,(H2,23,24,28,29)/t22-/m1/s1. The molecule has 0 aliphatic carbocycles. The van der Waals surface area contributed by atoms with E-state index in [2.05, 4.69) is 22.5 Å². The molecule has 0 bridgehead atoms. The second kappa shape index (κ2) is 7.04. The van der Waals surface area contributed by atoms with E-state index in [4.69, 9.17) is 4.74 Å². The predicted octanol–water partition coefficient (Wildman–Crippen LogP) is 2.00. The number of phenols is 1. The van der Waals surface area contributed by atoms with Crippen LogP contribution in [0.1, 0.15) is 11.1 Å². The quantitative estimate of drug-likeness (QED) is 0.393. The molecule has 3 amide bonds. The summed E-state index contributed by atoms with van der Waals surface area (Å²) in [4.78, 5) is 24.5. The number of imide groups is 1. The summed E-state index contributed by atoms with van der Waals surface area (Å²) in [6, 6.07) is 9.46. The molecular formula is C22H19N3O5. The largest absolute Gasteiger partial charge is 0.507 e. The van der Waals surface area contributed by atoms with Gasteiger partial charge in [0.2, 0.25) is 5.54 Å². The molecule has 1 saturated heterocycles. The van der Waals surface area contributed by atoms with Gasteiger partial charge in [0.05, 0.1) is 19.2 Å². The highest BCUT2D eigenvalue weighted by atomic mass is 16.5. The van der Waals surface area contributed by atoms with Gasteiger partial charge in [-0.25, -0.2) is 4.79 Å². The van der Waals surface area contributed by atoms with Gasteiger partial charge >= 0.3 is 6.03 Å². The Balaban J connectivity index is 1.78. The number of rotatable bonds is 3. The minimum atomic E-state index is -1.62. The fraction of sp³-hybridized carbons (Fsp3) is 0.182. The third kappa shape index (κ3) is 3.26. The Morgan fingerprint density at radius 2 is 1.97 bits per heavy atom. The number of aryl methyl sites for hydroxylation is 1. The second-order valence-electron chi connectivity index (χ2n) is 7.12. The Morgan fingerprint density at radius 3 is 2.67 bits per heavy atom. The first kappa shape index (κ1) is 19.2. The van der Waals surface area contributed by atoms with E-state index in [0.717, 1.165) is 10.9 Å². The number of fused-ring (bicyclic) bond motifs is 1. The topological polar surface area (TPSA) is 113 Å². The lowest BCUT2D eigenvalue weighted by atomic mass is 9.99. The van der Waals surface area contributed by atoms with E-state index in [-0.39, 0.29) is 18.2 Å². The van der Waals surface area contributed by atoms with Crippen LogP contribution in [-0.4, -0.2) is 39.4 Å². The second-order valence-corrected chi connectivity index (χ2v) is 7.12. The fourth-order valence-corrected chi connectivity index (χ4v) is 3.38. The van der Waals surface area contributed by atoms with Crippen LogP contribution in [0.2, 0.25) is 0 Å². The van der Waals surface area contributed by atoms with Gasteiger partial charge in [-0.3, -0.25) is 10.1 Å². The number of phenolic OH excluding ortho intramolecular Hbond substituents is 1. The molecule has 1 aliphatic rings. The first-order chi connectivity index (χ1) is 14.3. The number of aromatic nitrogens is 1. The zero-order valence-electron chi connectivity index (χ0n) is 16.3. The van der Waals surface area contributed by atoms with Crippen molar-refractivity contribution in [3.63, 3.8) is 0 Å². The number of hydrogen-bond acceptors (Lipinski definition) is 5. The number of methoxy groups -OCH3 is 1. The number of aromatic hydroxyl groups is 2. The van der Waals surface area contributed by atoms with E-state index < -0.39 is 17.5 Å². The van der Waals surface area contributed by atoms with Crippen LogP contribution in [0.15, 0.2) is 42.6 Å². The van der Waals surface area contributed by atoms with E-state index in [1.54, 1.807) is 36.5 Å². The SMILES string of the molecule is COc1ccc2cn(C[C@@]3(C#Cc4cc(C)ccc4O)NC(=O)NC3=O)c(O)c2c1. The fourth-order valence-electron chi connectivity index (χ4n) is 3.38. The van der Waals surface area contributed by atoms with Crippen molar-refractivity contribution in [1.82, 2.24) is 15.2 Å². The number of carbonyl (C=O) groups is 2. The summed E-state index contributed by atoms with van der Waals surface area (Å²) in [7, 11) is 1.53. The third-order valence-corrected chi connectivity index (χ3v) is 4.98. The van der Waals surface area contributed by atoms with Crippen molar-refractivity contribution in [2.45, 2.75) is 19.0 Å². The molecule has 4 rings (SSSR count). The van der Waals surface area contributed by atoms with Crippen LogP contribution >= 0.6 is 0 Å². The highest BCUT2D eigenvalue weighted by Crippen LogP contribution is 2.32. The minimum Gasteiger partial charge on any atom is -0.507 e. The molecule has 4 N–H and O–H groups in total. The maximum atomic E-state index is 12.6. The van der Waals surface area contributed by atoms with Crippen molar-refractivity contribution in [2.24, 2.45) is 0 Å². The molecule has 1 aromatic heterocycles. The molecule has 2 heterocycles. The smallest absolute Gasteiger partial charge is 0.323 e. The maximum absolute atomic E-state index is 12.6. The van der Waals surface area contributed by atoms with Gasteiger partial charge in [0.25, 0.3) is 5.91 Å². The Hall–Kier alpha value is -4.12. The normalized spacial score (nSPS) is 17.9. The van der Waals surface area contributed by atoms with E-state index >= 15 is 0 Å². The van der Waals surface area contributed by atoms with Crippen LogP contribution in [0.4, 0.5) is 4.79 Å². The van der Waals surface area contributed by atoms with Crippen LogP contribution in [0.5, 0.6) is 17.4 Å². The molecule has 3 aromatic rings. The summed E-state index contributed by atoms with van der Waals surface area (Å²) in [5, 5.41) is 26.7. The van der Waals surface area contributed by atoms with Gasteiger partial charge in [0, 0.05) is 17.0 Å². The molecule has 1 aliphatic heterocycles. The lowest BCUT2D eigenvalue weighted by Crippen LogP contribution is -2.49. The highest BCUT2D eigenvalue weighted by molar-refractivity contribution is 6.09. The Labute approximate surface area is 172 Å². The number of urea groups is 1. The van der Waals surface area contributed by atoms with Gasteiger partial charge in [0.15, 0.2) is 5.88 Å². The molecule has 0 saturated carbocycles. The number of nitrogens with zero attached hydrogens (tertiary/aromatic N) is 1. The predicted molar refractivity (Wildman–Crippen MR) is 109 cm³/mol. The lowest BCUT2D eigenvalue weighted by molar-refractivity contribution is -0.122. The highest BCUT2D eigenvalue weighted by Gasteiger charge is 2.46. The molecule has 0 spiro atoms. The molecular weight excluding hydrogens is 386 g/mol. The average Bonchev–Trinajstić information content (AvgIpc) is 3.18. The Kier molecular flexibility index (Phi) is 4.51. The summed E-state index contributed by atoms with van der Waals surface area (Å²) >= 11 is 0. The van der Waals surface area contributed by atoms with Crippen molar-refractivity contribution in [3.8, 4) is 29.2 Å². The molecule has 8 heteroatoms. The number of benzene rings is 2. The zero-order valence-corrected chi connectivity index (χ0v) is 16.3. The van der Waals surface area contributed by atoms with Gasteiger partial charge in [-0.05, 0) is 42.8 Å². The monoisotopic (exact) mass is 405 g/mol. The summed E-state index contributed by atoms with van der Waals surface area (Å²) in [6.45, 7) is 1.72. The van der Waals surface area contributed by atoms with Crippen LogP contribution in [0.3, 0.4) is 0 Å². The van der Waals surface area contributed by atoms with Crippen molar-refractivity contribution in [2.75, 3.05) is 7.11 Å². The molecule has 1 atom stereocenters. The number of amides is 3. The molecule has 1 fully saturated rings. The summed E-state index contributed by atoms with van der Waals surface area (Å²) in [5.74, 6) is 5.40. The van der Waals surface area contributed by atoms with Crippen LogP contribution < -0.4 is 15.4 Å². The van der Waals surface area contributed by atoms with Crippen LogP contribution in [0, 0.1) is 18.8 Å². The lowest BCUT2D eigenvalue weighted by Gasteiger charge is -2.20. The van der Waals surface area contributed by atoms with E-state index in [0.29, 0.717) is 16.7 Å². The van der Waals surface area contributed by atoms with E-state index in [1.807, 2.05) is 6.92 Å². The maximum Gasteiger partial charge on any atom is 0.323 e. The molecule has 0 radical (unpaired) electrons. The summed E-state index contributed by atoms with van der Waals surface area (Å²) < 4.78 is 6.64. The molecule has 0 unspecified atom stereocenters. The Bertz CT molecular complexity index is 1250. The first-order valence-electron chi connectivity index (χ1n) is 9.13. The van der Waals surface area contributed by atoms with E-state index in [1.165, 1.54) is 17.7 Å². The van der Waals surface area contributed by atoms with Gasteiger partial charge in [-0.2, -0.15) is 0 Å².